The molecule has 2 N–H and O–H groups in total. The Morgan fingerprint density at radius 3 is 2.71 bits per heavy atom. The number of carbonyl (C=O) groups is 1. The quantitative estimate of drug-likeness (QED) is 0.865. The lowest BCUT2D eigenvalue weighted by Crippen LogP contribution is -2.12. The summed E-state index contributed by atoms with van der Waals surface area (Å²) < 4.78 is 0. The molecular formula is C13H15N3O. The van der Waals surface area contributed by atoms with Crippen LogP contribution in [0, 0.1) is 0 Å². The van der Waals surface area contributed by atoms with E-state index in [0.29, 0.717) is 5.56 Å². The van der Waals surface area contributed by atoms with E-state index in [1.807, 2.05) is 32.3 Å². The molecule has 0 spiro atoms. The summed E-state index contributed by atoms with van der Waals surface area (Å²) >= 11 is 0. The first-order chi connectivity index (χ1) is 8.06. The van der Waals surface area contributed by atoms with Crippen LogP contribution < -0.4 is 5.73 Å². The van der Waals surface area contributed by atoms with Gasteiger partial charge in [0.05, 0.1) is 11.2 Å². The molecule has 0 saturated carbocycles. The molecule has 4 heteroatoms. The van der Waals surface area contributed by atoms with Gasteiger partial charge in [0.25, 0.3) is 0 Å². The number of carbonyl (C=O) groups excluding carboxylic acids is 1. The summed E-state index contributed by atoms with van der Waals surface area (Å²) in [6.45, 7) is 0.799. The van der Waals surface area contributed by atoms with Gasteiger partial charge in [0.1, 0.15) is 0 Å². The lowest BCUT2D eigenvalue weighted by atomic mass is 10.1. The van der Waals surface area contributed by atoms with E-state index in [2.05, 4.69) is 9.88 Å². The third-order valence-electron chi connectivity index (χ3n) is 2.51. The number of fused-ring (bicyclic) bond motifs is 1. The summed E-state index contributed by atoms with van der Waals surface area (Å²) in [5, 5.41) is 0.934. The fraction of sp³-hybridized carbons (Fsp3) is 0.231. The van der Waals surface area contributed by atoms with Crippen molar-refractivity contribution in [3.63, 3.8) is 0 Å². The molecule has 0 radical (unpaired) electrons. The number of nitrogens with zero attached hydrogens (tertiary/aromatic N) is 2. The van der Waals surface area contributed by atoms with Crippen molar-refractivity contribution in [2.45, 2.75) is 6.54 Å². The van der Waals surface area contributed by atoms with Crippen LogP contribution in [0.4, 0.5) is 0 Å². The van der Waals surface area contributed by atoms with Gasteiger partial charge in [-0.1, -0.05) is 6.07 Å². The summed E-state index contributed by atoms with van der Waals surface area (Å²) in [6.07, 6.45) is 0. The van der Waals surface area contributed by atoms with Gasteiger partial charge in [-0.2, -0.15) is 0 Å². The van der Waals surface area contributed by atoms with Crippen LogP contribution in [-0.4, -0.2) is 29.9 Å². The van der Waals surface area contributed by atoms with Gasteiger partial charge in [0, 0.05) is 17.5 Å². The topological polar surface area (TPSA) is 59.2 Å². The highest BCUT2D eigenvalue weighted by atomic mass is 16.1. The standard InChI is InChI=1S/C13H15N3O/c1-16(2)8-11-5-3-9-7-10(13(14)17)4-6-12(9)15-11/h3-7H,8H2,1-2H3,(H2,14,17). The lowest BCUT2D eigenvalue weighted by molar-refractivity contribution is 0.100. The predicted molar refractivity (Wildman–Crippen MR) is 67.7 cm³/mol. The summed E-state index contributed by atoms with van der Waals surface area (Å²) in [5.74, 6) is -0.413. The molecule has 0 saturated heterocycles. The first-order valence-corrected chi connectivity index (χ1v) is 5.40. The van der Waals surface area contributed by atoms with E-state index < -0.39 is 5.91 Å². The highest BCUT2D eigenvalue weighted by Crippen LogP contribution is 2.15. The number of hydrogen-bond donors (Lipinski definition) is 1. The molecule has 1 aromatic carbocycles. The number of amides is 1. The fourth-order valence-electron chi connectivity index (χ4n) is 1.73. The van der Waals surface area contributed by atoms with Crippen molar-refractivity contribution in [1.29, 1.82) is 0 Å². The Labute approximate surface area is 100 Å². The highest BCUT2D eigenvalue weighted by molar-refractivity contribution is 5.96. The zero-order chi connectivity index (χ0) is 12.4. The second-order valence-corrected chi connectivity index (χ2v) is 4.31. The maximum Gasteiger partial charge on any atom is 0.248 e. The average Bonchev–Trinajstić information content (AvgIpc) is 2.27. The van der Waals surface area contributed by atoms with Crippen LogP contribution in [0.15, 0.2) is 30.3 Å². The van der Waals surface area contributed by atoms with Crippen molar-refractivity contribution in [2.75, 3.05) is 14.1 Å². The third-order valence-corrected chi connectivity index (χ3v) is 2.51. The maximum atomic E-state index is 11.1. The molecule has 2 aromatic rings. The van der Waals surface area contributed by atoms with E-state index >= 15 is 0 Å². The summed E-state index contributed by atoms with van der Waals surface area (Å²) in [7, 11) is 4.00. The Kier molecular flexibility index (Phi) is 3.06. The van der Waals surface area contributed by atoms with Gasteiger partial charge < -0.3 is 10.6 Å². The Balaban J connectivity index is 2.43. The zero-order valence-electron chi connectivity index (χ0n) is 9.97. The smallest absolute Gasteiger partial charge is 0.248 e. The van der Waals surface area contributed by atoms with Crippen molar-refractivity contribution in [2.24, 2.45) is 5.73 Å². The van der Waals surface area contributed by atoms with Gasteiger partial charge in [-0.3, -0.25) is 9.78 Å². The molecule has 0 aliphatic rings. The maximum absolute atomic E-state index is 11.1. The van der Waals surface area contributed by atoms with E-state index in [-0.39, 0.29) is 0 Å². The minimum Gasteiger partial charge on any atom is -0.366 e. The van der Waals surface area contributed by atoms with Crippen molar-refractivity contribution < 1.29 is 4.79 Å². The molecule has 4 nitrogen and oxygen atoms in total. The zero-order valence-corrected chi connectivity index (χ0v) is 9.97. The molecule has 0 atom stereocenters. The number of rotatable bonds is 3. The largest absolute Gasteiger partial charge is 0.366 e. The van der Waals surface area contributed by atoms with Gasteiger partial charge in [-0.25, -0.2) is 0 Å². The van der Waals surface area contributed by atoms with Gasteiger partial charge in [-0.05, 0) is 38.4 Å². The molecule has 1 aromatic heterocycles. The molecule has 88 valence electrons. The fourth-order valence-corrected chi connectivity index (χ4v) is 1.73. The van der Waals surface area contributed by atoms with Crippen LogP contribution in [0.25, 0.3) is 10.9 Å². The Bertz CT molecular complexity index is 564. The molecule has 0 bridgehead atoms. The van der Waals surface area contributed by atoms with Crippen molar-refractivity contribution in [3.8, 4) is 0 Å². The van der Waals surface area contributed by atoms with E-state index in [1.54, 1.807) is 12.1 Å². The normalized spacial score (nSPS) is 11.0. The summed E-state index contributed by atoms with van der Waals surface area (Å²) in [6, 6.07) is 9.23. The number of nitrogens with two attached hydrogens (primary N) is 1. The molecule has 0 aliphatic carbocycles. The monoisotopic (exact) mass is 229 g/mol. The third kappa shape index (κ3) is 2.60. The van der Waals surface area contributed by atoms with E-state index in [9.17, 15) is 4.79 Å². The molecule has 0 fully saturated rings. The minimum atomic E-state index is -0.413. The molecule has 0 aliphatic heterocycles. The second-order valence-electron chi connectivity index (χ2n) is 4.31. The number of primary amides is 1. The van der Waals surface area contributed by atoms with Crippen molar-refractivity contribution in [1.82, 2.24) is 9.88 Å². The van der Waals surface area contributed by atoms with Crippen LogP contribution in [-0.2, 0) is 6.54 Å². The number of pyridine rings is 1. The van der Waals surface area contributed by atoms with E-state index in [0.717, 1.165) is 23.1 Å². The minimum absolute atomic E-state index is 0.413. The first kappa shape index (κ1) is 11.5. The van der Waals surface area contributed by atoms with Crippen LogP contribution in [0.5, 0.6) is 0 Å². The van der Waals surface area contributed by atoms with E-state index in [1.165, 1.54) is 0 Å². The molecule has 1 heterocycles. The lowest BCUT2D eigenvalue weighted by Gasteiger charge is -2.09. The summed E-state index contributed by atoms with van der Waals surface area (Å²) in [4.78, 5) is 17.6. The molecular weight excluding hydrogens is 214 g/mol. The van der Waals surface area contributed by atoms with E-state index in [4.69, 9.17) is 5.73 Å². The molecule has 17 heavy (non-hydrogen) atoms. The number of hydrogen-bond acceptors (Lipinski definition) is 3. The van der Waals surface area contributed by atoms with Gasteiger partial charge >= 0.3 is 0 Å². The summed E-state index contributed by atoms with van der Waals surface area (Å²) in [5.41, 5.74) is 7.64. The second kappa shape index (κ2) is 4.51. The number of benzene rings is 1. The van der Waals surface area contributed by atoms with Crippen LogP contribution in [0.3, 0.4) is 0 Å². The Morgan fingerprint density at radius 2 is 2.06 bits per heavy atom. The Morgan fingerprint density at radius 1 is 1.29 bits per heavy atom. The molecule has 0 unspecified atom stereocenters. The van der Waals surface area contributed by atoms with Crippen molar-refractivity contribution >= 4 is 16.8 Å². The van der Waals surface area contributed by atoms with Gasteiger partial charge in [-0.15, -0.1) is 0 Å². The molecule has 2 rings (SSSR count). The SMILES string of the molecule is CN(C)Cc1ccc2cc(C(N)=O)ccc2n1. The van der Waals surface area contributed by atoms with Gasteiger partial charge in [0.15, 0.2) is 0 Å². The van der Waals surface area contributed by atoms with Crippen LogP contribution in [0.1, 0.15) is 16.1 Å². The van der Waals surface area contributed by atoms with Crippen molar-refractivity contribution in [3.05, 3.63) is 41.6 Å². The first-order valence-electron chi connectivity index (χ1n) is 5.40. The van der Waals surface area contributed by atoms with Crippen LogP contribution in [0.2, 0.25) is 0 Å². The average molecular weight is 229 g/mol. The predicted octanol–water partition coefficient (Wildman–Crippen LogP) is 1.40. The van der Waals surface area contributed by atoms with Gasteiger partial charge in [0.2, 0.25) is 5.91 Å². The van der Waals surface area contributed by atoms with Crippen LogP contribution >= 0.6 is 0 Å². The highest BCUT2D eigenvalue weighted by Gasteiger charge is 2.04. The number of aromatic nitrogens is 1. The Hall–Kier alpha value is -1.94. The molecule has 1 amide bonds.